The normalized spacial score (nSPS) is 50.3. The third-order valence-electron chi connectivity index (χ3n) is 4.83. The molecule has 19 heavy (non-hydrogen) atoms. The minimum absolute atomic E-state index is 0. The van der Waals surface area contributed by atoms with Gasteiger partial charge in [-0.1, -0.05) is 0 Å². The summed E-state index contributed by atoms with van der Waals surface area (Å²) in [6.45, 7) is 0.193. The number of carbonyl (C=O) groups is 1. The van der Waals surface area contributed by atoms with Crippen molar-refractivity contribution in [1.29, 1.82) is 0 Å². The zero-order valence-electron chi connectivity index (χ0n) is 11.5. The molecule has 6 rings (SSSR count). The molecule has 0 heterocycles. The molecular weight excluding hydrogens is 264 g/mol. The van der Waals surface area contributed by atoms with Crippen LogP contribution in [0, 0.1) is 10.8 Å². The first-order chi connectivity index (χ1) is 7.75. The summed E-state index contributed by atoms with van der Waals surface area (Å²) in [5.74, 6) is -0.818. The molecule has 6 aliphatic carbocycles. The van der Waals surface area contributed by atoms with Crippen LogP contribution in [0.2, 0.25) is 0 Å². The Morgan fingerprint density at radius 2 is 1.42 bits per heavy atom. The van der Waals surface area contributed by atoms with Gasteiger partial charge in [-0.3, -0.25) is 4.79 Å². The van der Waals surface area contributed by atoms with Crippen molar-refractivity contribution < 1.29 is 44.1 Å². The molecule has 0 aromatic rings. The van der Waals surface area contributed by atoms with Crippen LogP contribution in [0.5, 0.6) is 0 Å². The van der Waals surface area contributed by atoms with Crippen LogP contribution in [-0.2, 0) is 4.79 Å². The zero-order valence-corrected chi connectivity index (χ0v) is 10.5. The molecular formula is C12H20AlF2LiO3. The van der Waals surface area contributed by atoms with Gasteiger partial charge in [0, 0.05) is 12.0 Å². The predicted molar refractivity (Wildman–Crippen MR) is 66.0 cm³/mol. The van der Waals surface area contributed by atoms with Crippen molar-refractivity contribution in [2.75, 3.05) is 6.61 Å². The van der Waals surface area contributed by atoms with Crippen molar-refractivity contribution in [3.63, 3.8) is 0 Å². The largest absolute Gasteiger partial charge is 1.00 e. The van der Waals surface area contributed by atoms with Gasteiger partial charge in [-0.25, -0.2) is 8.78 Å². The van der Waals surface area contributed by atoms with Crippen LogP contribution in [0.1, 0.15) is 40.0 Å². The van der Waals surface area contributed by atoms with E-state index in [0.717, 1.165) is 0 Å². The van der Waals surface area contributed by atoms with Crippen LogP contribution in [0.3, 0.4) is 0 Å². The Balaban J connectivity index is 0.000000315. The van der Waals surface area contributed by atoms with Crippen molar-refractivity contribution in [3.8, 4) is 0 Å². The molecule has 2 N–H and O–H groups in total. The van der Waals surface area contributed by atoms with Gasteiger partial charge in [0.25, 0.3) is 0 Å². The Hall–Kier alpha value is 0.420. The summed E-state index contributed by atoms with van der Waals surface area (Å²) < 4.78 is 25.2. The maximum atomic E-state index is 12.6. The van der Waals surface area contributed by atoms with Gasteiger partial charge in [-0.05, 0) is 38.5 Å². The first-order valence-corrected chi connectivity index (χ1v) is 5.97. The maximum absolute atomic E-state index is 12.6. The summed E-state index contributed by atoms with van der Waals surface area (Å²) in [6, 6.07) is 0. The second kappa shape index (κ2) is 4.72. The van der Waals surface area contributed by atoms with Crippen molar-refractivity contribution in [3.05, 3.63) is 0 Å². The third kappa shape index (κ3) is 2.41. The summed E-state index contributed by atoms with van der Waals surface area (Å²) in [4.78, 5) is 10.3. The summed E-state index contributed by atoms with van der Waals surface area (Å²) in [6.07, 6.45) is 2.64. The molecule has 7 heteroatoms. The minimum atomic E-state index is -1.07. The van der Waals surface area contributed by atoms with Gasteiger partial charge in [-0.15, -0.1) is 0 Å². The molecule has 0 aromatic heterocycles. The number of hydrogen-bond acceptors (Lipinski definition) is 2. The van der Waals surface area contributed by atoms with Crippen LogP contribution < -0.4 is 18.9 Å². The number of alkyl halides is 2. The number of halogens is 2. The minimum Gasteiger partial charge on any atom is -1.00 e. The number of aliphatic carboxylic acids is 1. The Morgan fingerprint density at radius 3 is 1.53 bits per heavy atom. The molecule has 0 amide bonds. The summed E-state index contributed by atoms with van der Waals surface area (Å²) in [5.41, 5.74) is -2.48. The van der Waals surface area contributed by atoms with Crippen LogP contribution in [0.4, 0.5) is 8.78 Å². The Labute approximate surface area is 134 Å². The molecule has 3 nitrogen and oxygen atoms in total. The molecule has 104 valence electrons. The predicted octanol–water partition coefficient (Wildman–Crippen LogP) is -2.23. The van der Waals surface area contributed by atoms with E-state index in [0.29, 0.717) is 19.3 Å². The smallest absolute Gasteiger partial charge is 1.00 e. The molecule has 0 atom stereocenters. The maximum Gasteiger partial charge on any atom is 1.00 e. The fourth-order valence-corrected chi connectivity index (χ4v) is 3.92. The number of aliphatic hydroxyl groups excluding tert-OH is 1. The molecule has 0 aliphatic heterocycles. The zero-order chi connectivity index (χ0) is 12.5. The second-order valence-electron chi connectivity index (χ2n) is 6.61. The number of carboxylic acid groups (broad SMARTS) is 1. The SMILES string of the molecule is O=C(O)C12CC(F)(C1)C2.OCC12CC(F)(C1)C2.[AlH3].[H-].[Li+]. The van der Waals surface area contributed by atoms with E-state index in [2.05, 4.69) is 0 Å². The van der Waals surface area contributed by atoms with Gasteiger partial charge in [0.2, 0.25) is 0 Å². The first kappa shape index (κ1) is 17.5. The van der Waals surface area contributed by atoms with E-state index >= 15 is 0 Å². The van der Waals surface area contributed by atoms with Gasteiger partial charge in [-0.2, -0.15) is 0 Å². The Kier molecular flexibility index (Phi) is 4.34. The standard InChI is InChI=1S/C6H7FO2.C6H9FO.Al.Li.4H/c7-6-1-5(2-6,3-6)4(8)9;7-6-1-5(2-6,3-6)4-8;;;;;;/h1-3H2,(H,8,9);8H,1-4H2;;;;;;/q;;;+1;;;;-1. The Bertz CT molecular complexity index is 371. The van der Waals surface area contributed by atoms with E-state index in [1.165, 1.54) is 0 Å². The molecule has 0 saturated heterocycles. The first-order valence-electron chi connectivity index (χ1n) is 5.97. The monoisotopic (exact) mass is 284 g/mol. The van der Waals surface area contributed by atoms with Crippen molar-refractivity contribution in [2.45, 2.75) is 49.9 Å². The topological polar surface area (TPSA) is 57.5 Å². The van der Waals surface area contributed by atoms with Gasteiger partial charge in [0.15, 0.2) is 17.4 Å². The second-order valence-corrected chi connectivity index (χ2v) is 6.61. The van der Waals surface area contributed by atoms with E-state index in [1.807, 2.05) is 0 Å². The summed E-state index contributed by atoms with van der Waals surface area (Å²) in [7, 11) is 0. The van der Waals surface area contributed by atoms with Gasteiger partial charge in [0.1, 0.15) is 11.3 Å². The average molecular weight is 284 g/mol. The van der Waals surface area contributed by atoms with Crippen LogP contribution in [0.25, 0.3) is 0 Å². The molecule has 0 aromatic carbocycles. The summed E-state index contributed by atoms with van der Waals surface area (Å²) >= 11 is 0. The van der Waals surface area contributed by atoms with E-state index < -0.39 is 22.7 Å². The van der Waals surface area contributed by atoms with E-state index in [-0.39, 0.29) is 68.9 Å². The quantitative estimate of drug-likeness (QED) is 0.564. The number of aliphatic hydroxyl groups is 1. The molecule has 0 radical (unpaired) electrons. The average Bonchev–Trinajstić information content (AvgIpc) is 2.05. The van der Waals surface area contributed by atoms with E-state index in [1.54, 1.807) is 0 Å². The van der Waals surface area contributed by atoms with Gasteiger partial charge >= 0.3 is 24.8 Å². The molecule has 0 unspecified atom stereocenters. The summed E-state index contributed by atoms with van der Waals surface area (Å²) in [5, 5.41) is 17.1. The van der Waals surface area contributed by atoms with E-state index in [4.69, 9.17) is 10.2 Å². The van der Waals surface area contributed by atoms with E-state index in [9.17, 15) is 13.6 Å². The molecule has 6 aliphatic rings. The van der Waals surface area contributed by atoms with Crippen molar-refractivity contribution in [1.82, 2.24) is 0 Å². The number of carboxylic acids is 1. The molecule has 6 saturated carbocycles. The van der Waals surface area contributed by atoms with Crippen LogP contribution in [0.15, 0.2) is 0 Å². The molecule has 0 spiro atoms. The third-order valence-corrected chi connectivity index (χ3v) is 4.83. The van der Waals surface area contributed by atoms with Crippen LogP contribution >= 0.6 is 0 Å². The van der Waals surface area contributed by atoms with Crippen molar-refractivity contribution in [2.24, 2.45) is 10.8 Å². The fourth-order valence-electron chi connectivity index (χ4n) is 3.92. The fraction of sp³-hybridized carbons (Fsp3) is 0.917. The Morgan fingerprint density at radius 1 is 1.05 bits per heavy atom. The molecule has 4 bridgehead atoms. The number of rotatable bonds is 2. The molecule has 6 fully saturated rings. The van der Waals surface area contributed by atoms with Crippen molar-refractivity contribution >= 4 is 23.3 Å². The van der Waals surface area contributed by atoms with Gasteiger partial charge < -0.3 is 11.6 Å². The number of hydrogen-bond donors (Lipinski definition) is 2. The van der Waals surface area contributed by atoms with Crippen LogP contribution in [-0.4, -0.2) is 51.5 Å². The van der Waals surface area contributed by atoms with Gasteiger partial charge in [0.05, 0.1) is 5.41 Å².